The number of ether oxygens (including phenoxy) is 1. The topological polar surface area (TPSA) is 49.8 Å². The maximum absolute atomic E-state index is 12.2. The van der Waals surface area contributed by atoms with E-state index >= 15 is 0 Å². The van der Waals surface area contributed by atoms with E-state index in [1.54, 1.807) is 0 Å². The van der Waals surface area contributed by atoms with Gasteiger partial charge in [-0.15, -0.1) is 0 Å². The molecule has 3 rings (SSSR count). The van der Waals surface area contributed by atoms with Crippen LogP contribution in [0.25, 0.3) is 0 Å². The van der Waals surface area contributed by atoms with E-state index in [9.17, 15) is 9.90 Å². The van der Waals surface area contributed by atoms with Crippen LogP contribution in [0.5, 0.6) is 5.75 Å². The Kier molecular flexibility index (Phi) is 3.66. The molecule has 4 heteroatoms. The summed E-state index contributed by atoms with van der Waals surface area (Å²) in [6, 6.07) is 7.71. The fourth-order valence-electron chi connectivity index (χ4n) is 3.38. The van der Waals surface area contributed by atoms with Crippen molar-refractivity contribution >= 4 is 5.91 Å². The van der Waals surface area contributed by atoms with Crippen LogP contribution in [-0.2, 0) is 4.79 Å². The summed E-state index contributed by atoms with van der Waals surface area (Å²) in [6.07, 6.45) is 1.70. The first-order chi connectivity index (χ1) is 9.63. The summed E-state index contributed by atoms with van der Waals surface area (Å²) in [5.41, 5.74) is 1.12. The molecule has 0 spiro atoms. The lowest BCUT2D eigenvalue weighted by Crippen LogP contribution is -2.34. The number of benzene rings is 1. The van der Waals surface area contributed by atoms with Gasteiger partial charge in [-0.2, -0.15) is 0 Å². The number of carbonyl (C=O) groups excluding carboxylic acids is 1. The fourth-order valence-corrected chi connectivity index (χ4v) is 3.38. The maximum Gasteiger partial charge on any atom is 0.260 e. The maximum atomic E-state index is 12.2. The summed E-state index contributed by atoms with van der Waals surface area (Å²) in [5, 5.41) is 9.87. The van der Waals surface area contributed by atoms with Gasteiger partial charge in [-0.05, 0) is 43.4 Å². The van der Waals surface area contributed by atoms with E-state index in [-0.39, 0.29) is 24.5 Å². The number of nitrogens with zero attached hydrogens (tertiary/aromatic N) is 1. The summed E-state index contributed by atoms with van der Waals surface area (Å²) in [6.45, 7) is 3.54. The van der Waals surface area contributed by atoms with Crippen LogP contribution in [-0.4, -0.2) is 41.7 Å². The number of aryl methyl sites for hydroxylation is 1. The van der Waals surface area contributed by atoms with E-state index in [1.807, 2.05) is 36.1 Å². The zero-order valence-electron chi connectivity index (χ0n) is 11.8. The highest BCUT2D eigenvalue weighted by Crippen LogP contribution is 2.38. The van der Waals surface area contributed by atoms with Gasteiger partial charge in [0.05, 0.1) is 6.10 Å². The molecular formula is C16H21NO3. The lowest BCUT2D eigenvalue weighted by Gasteiger charge is -2.18. The Morgan fingerprint density at radius 2 is 2.25 bits per heavy atom. The van der Waals surface area contributed by atoms with E-state index in [2.05, 4.69) is 0 Å². The number of rotatable bonds is 3. The molecular weight excluding hydrogens is 254 g/mol. The van der Waals surface area contributed by atoms with Crippen molar-refractivity contribution in [3.63, 3.8) is 0 Å². The number of fused-ring (bicyclic) bond motifs is 1. The van der Waals surface area contributed by atoms with Gasteiger partial charge in [0.15, 0.2) is 6.61 Å². The second kappa shape index (κ2) is 5.44. The molecule has 1 N–H and O–H groups in total. The molecule has 108 valence electrons. The molecule has 1 saturated carbocycles. The Bertz CT molecular complexity index is 502. The van der Waals surface area contributed by atoms with Crippen LogP contribution < -0.4 is 4.74 Å². The summed E-state index contributed by atoms with van der Waals surface area (Å²) in [4.78, 5) is 14.0. The predicted octanol–water partition coefficient (Wildman–Crippen LogP) is 1.60. The average Bonchev–Trinajstić information content (AvgIpc) is 2.99. The van der Waals surface area contributed by atoms with Crippen LogP contribution in [0.2, 0.25) is 0 Å². The van der Waals surface area contributed by atoms with Crippen molar-refractivity contribution in [3.05, 3.63) is 29.8 Å². The lowest BCUT2D eigenvalue weighted by atomic mass is 10.00. The SMILES string of the molecule is Cc1cccc(OCC(=O)N2CC3CCC(O)C3C2)c1. The standard InChI is InChI=1S/C16H21NO3/c1-11-3-2-4-13(7-11)20-10-16(19)17-8-12-5-6-15(18)14(12)9-17/h2-4,7,12,14-15,18H,5-6,8-10H2,1H3. The van der Waals surface area contributed by atoms with Crippen molar-refractivity contribution in [2.75, 3.05) is 19.7 Å². The number of hydrogen-bond acceptors (Lipinski definition) is 3. The molecule has 0 radical (unpaired) electrons. The van der Waals surface area contributed by atoms with E-state index in [4.69, 9.17) is 4.74 Å². The smallest absolute Gasteiger partial charge is 0.260 e. The predicted molar refractivity (Wildman–Crippen MR) is 75.5 cm³/mol. The van der Waals surface area contributed by atoms with Gasteiger partial charge in [-0.3, -0.25) is 4.79 Å². The van der Waals surface area contributed by atoms with Crippen molar-refractivity contribution in [2.45, 2.75) is 25.9 Å². The highest BCUT2D eigenvalue weighted by atomic mass is 16.5. The van der Waals surface area contributed by atoms with E-state index in [1.165, 1.54) is 0 Å². The molecule has 1 aliphatic heterocycles. The van der Waals surface area contributed by atoms with Gasteiger partial charge in [0.2, 0.25) is 0 Å². The van der Waals surface area contributed by atoms with E-state index in [0.29, 0.717) is 12.5 Å². The van der Waals surface area contributed by atoms with Crippen LogP contribution in [0.3, 0.4) is 0 Å². The largest absolute Gasteiger partial charge is 0.484 e. The number of aliphatic hydroxyl groups excluding tert-OH is 1. The van der Waals surface area contributed by atoms with Crippen molar-refractivity contribution < 1.29 is 14.6 Å². The molecule has 2 aliphatic rings. The van der Waals surface area contributed by atoms with Crippen molar-refractivity contribution in [2.24, 2.45) is 11.8 Å². The summed E-state index contributed by atoms with van der Waals surface area (Å²) in [5.74, 6) is 1.51. The minimum absolute atomic E-state index is 0.0214. The Balaban J connectivity index is 1.53. The summed E-state index contributed by atoms with van der Waals surface area (Å²) in [7, 11) is 0. The fraction of sp³-hybridized carbons (Fsp3) is 0.562. The van der Waals surface area contributed by atoms with E-state index in [0.717, 1.165) is 30.7 Å². The molecule has 1 aromatic carbocycles. The molecule has 2 fully saturated rings. The molecule has 3 atom stereocenters. The number of aliphatic hydroxyl groups is 1. The quantitative estimate of drug-likeness (QED) is 0.911. The van der Waals surface area contributed by atoms with Crippen LogP contribution in [0.15, 0.2) is 24.3 Å². The van der Waals surface area contributed by atoms with Crippen molar-refractivity contribution in [1.82, 2.24) is 4.90 Å². The molecule has 1 aromatic rings. The zero-order valence-corrected chi connectivity index (χ0v) is 11.8. The Hall–Kier alpha value is -1.55. The first kappa shape index (κ1) is 13.4. The highest BCUT2D eigenvalue weighted by Gasteiger charge is 2.43. The molecule has 0 aromatic heterocycles. The second-order valence-electron chi connectivity index (χ2n) is 5.97. The van der Waals surface area contributed by atoms with Crippen LogP contribution >= 0.6 is 0 Å². The number of amides is 1. The Morgan fingerprint density at radius 1 is 1.40 bits per heavy atom. The third-order valence-corrected chi connectivity index (χ3v) is 4.52. The molecule has 1 saturated heterocycles. The molecule has 3 unspecified atom stereocenters. The van der Waals surface area contributed by atoms with Crippen LogP contribution in [0, 0.1) is 18.8 Å². The van der Waals surface area contributed by atoms with Gasteiger partial charge in [0.25, 0.3) is 5.91 Å². The van der Waals surface area contributed by atoms with Gasteiger partial charge in [0.1, 0.15) is 5.75 Å². The second-order valence-corrected chi connectivity index (χ2v) is 5.97. The van der Waals surface area contributed by atoms with Crippen LogP contribution in [0.4, 0.5) is 0 Å². The van der Waals surface area contributed by atoms with Gasteiger partial charge in [-0.25, -0.2) is 0 Å². The Morgan fingerprint density at radius 3 is 3.00 bits per heavy atom. The number of carbonyl (C=O) groups is 1. The van der Waals surface area contributed by atoms with Crippen LogP contribution in [0.1, 0.15) is 18.4 Å². The summed E-state index contributed by atoms with van der Waals surface area (Å²) < 4.78 is 5.56. The summed E-state index contributed by atoms with van der Waals surface area (Å²) >= 11 is 0. The molecule has 1 heterocycles. The molecule has 0 bridgehead atoms. The van der Waals surface area contributed by atoms with Crippen molar-refractivity contribution in [3.8, 4) is 5.75 Å². The van der Waals surface area contributed by atoms with Gasteiger partial charge in [-0.1, -0.05) is 12.1 Å². The zero-order chi connectivity index (χ0) is 14.1. The van der Waals surface area contributed by atoms with Gasteiger partial charge >= 0.3 is 0 Å². The molecule has 20 heavy (non-hydrogen) atoms. The minimum Gasteiger partial charge on any atom is -0.484 e. The molecule has 1 amide bonds. The van der Waals surface area contributed by atoms with Crippen molar-refractivity contribution in [1.29, 1.82) is 0 Å². The highest BCUT2D eigenvalue weighted by molar-refractivity contribution is 5.78. The molecule has 4 nitrogen and oxygen atoms in total. The third kappa shape index (κ3) is 2.66. The normalized spacial score (nSPS) is 28.5. The lowest BCUT2D eigenvalue weighted by molar-refractivity contribution is -0.132. The van der Waals surface area contributed by atoms with Gasteiger partial charge in [0, 0.05) is 19.0 Å². The molecule has 1 aliphatic carbocycles. The monoisotopic (exact) mass is 275 g/mol. The first-order valence-electron chi connectivity index (χ1n) is 7.29. The first-order valence-corrected chi connectivity index (χ1v) is 7.29. The number of likely N-dealkylation sites (tertiary alicyclic amines) is 1. The average molecular weight is 275 g/mol. The number of hydrogen-bond donors (Lipinski definition) is 1. The van der Waals surface area contributed by atoms with E-state index < -0.39 is 0 Å². The Labute approximate surface area is 119 Å². The third-order valence-electron chi connectivity index (χ3n) is 4.52. The minimum atomic E-state index is -0.226. The van der Waals surface area contributed by atoms with Gasteiger partial charge < -0.3 is 14.7 Å².